The molecule has 0 aliphatic heterocycles. The Bertz CT molecular complexity index is 342. The molecule has 0 spiro atoms. The van der Waals surface area contributed by atoms with Crippen LogP contribution in [0.3, 0.4) is 0 Å². The first-order valence-electron chi connectivity index (χ1n) is 4.46. The van der Waals surface area contributed by atoms with Gasteiger partial charge in [0.15, 0.2) is 11.6 Å². The van der Waals surface area contributed by atoms with Crippen LogP contribution in [0.15, 0.2) is 16.6 Å². The summed E-state index contributed by atoms with van der Waals surface area (Å²) < 4.78 is 31.4. The fourth-order valence-electron chi connectivity index (χ4n) is 0.977. The van der Waals surface area contributed by atoms with Gasteiger partial charge >= 0.3 is 0 Å². The molecule has 84 valence electrons. The van der Waals surface area contributed by atoms with Crippen LogP contribution < -0.4 is 4.74 Å². The topological polar surface area (TPSA) is 29.5 Å². The minimum atomic E-state index is -1.01. The zero-order valence-electron chi connectivity index (χ0n) is 8.14. The highest BCUT2D eigenvalue weighted by Gasteiger charge is 2.11. The molecule has 0 amide bonds. The van der Waals surface area contributed by atoms with Gasteiger partial charge in [-0.1, -0.05) is 15.9 Å². The highest BCUT2D eigenvalue weighted by molar-refractivity contribution is 9.10. The first-order valence-corrected chi connectivity index (χ1v) is 5.25. The molecular weight excluding hydrogens is 270 g/mol. The minimum Gasteiger partial charge on any atom is -0.490 e. The van der Waals surface area contributed by atoms with E-state index in [1.807, 2.05) is 0 Å². The van der Waals surface area contributed by atoms with Crippen LogP contribution in [0, 0.1) is 11.6 Å². The number of benzene rings is 1. The molecule has 1 aromatic carbocycles. The fourth-order valence-corrected chi connectivity index (χ4v) is 1.39. The van der Waals surface area contributed by atoms with Crippen LogP contribution in [-0.4, -0.2) is 17.8 Å². The lowest BCUT2D eigenvalue weighted by molar-refractivity contribution is 0.153. The summed E-state index contributed by atoms with van der Waals surface area (Å²) in [5.41, 5.74) is 0. The normalized spacial score (nSPS) is 12.6. The van der Waals surface area contributed by atoms with Crippen molar-refractivity contribution in [3.05, 3.63) is 28.2 Å². The lowest BCUT2D eigenvalue weighted by atomic mass is 10.3. The van der Waals surface area contributed by atoms with Crippen molar-refractivity contribution in [3.63, 3.8) is 0 Å². The van der Waals surface area contributed by atoms with E-state index in [0.717, 1.165) is 6.07 Å². The molecule has 1 unspecified atom stereocenters. The van der Waals surface area contributed by atoms with E-state index in [9.17, 15) is 8.78 Å². The number of aliphatic hydroxyl groups excluding tert-OH is 1. The van der Waals surface area contributed by atoms with Crippen molar-refractivity contribution in [2.45, 2.75) is 19.4 Å². The Morgan fingerprint density at radius 1 is 1.47 bits per heavy atom. The Hall–Kier alpha value is -0.680. The van der Waals surface area contributed by atoms with Gasteiger partial charge < -0.3 is 9.84 Å². The third-order valence-electron chi connectivity index (χ3n) is 1.75. The SMILES string of the molecule is CC(O)CCOc1cc(Br)cc(F)c1F. The summed E-state index contributed by atoms with van der Waals surface area (Å²) in [6, 6.07) is 2.37. The molecule has 0 bridgehead atoms. The predicted molar refractivity (Wildman–Crippen MR) is 55.9 cm³/mol. The molecular formula is C10H11BrF2O2. The summed E-state index contributed by atoms with van der Waals surface area (Å²) in [5.74, 6) is -2.12. The predicted octanol–water partition coefficient (Wildman–Crippen LogP) is 2.88. The van der Waals surface area contributed by atoms with E-state index in [1.165, 1.54) is 6.07 Å². The summed E-state index contributed by atoms with van der Waals surface area (Å²) >= 11 is 3.03. The van der Waals surface area contributed by atoms with Gasteiger partial charge in [0.05, 0.1) is 12.7 Å². The summed E-state index contributed by atoms with van der Waals surface area (Å²) in [7, 11) is 0. The Balaban J connectivity index is 2.68. The Morgan fingerprint density at radius 3 is 2.73 bits per heavy atom. The number of hydrogen-bond donors (Lipinski definition) is 1. The number of hydrogen-bond acceptors (Lipinski definition) is 2. The quantitative estimate of drug-likeness (QED) is 0.860. The molecule has 1 rings (SSSR count). The molecule has 0 aliphatic rings. The smallest absolute Gasteiger partial charge is 0.200 e. The minimum absolute atomic E-state index is 0.143. The molecule has 1 aromatic rings. The van der Waals surface area contributed by atoms with E-state index in [0.29, 0.717) is 10.9 Å². The second-order valence-corrected chi connectivity index (χ2v) is 4.10. The summed E-state index contributed by atoms with van der Waals surface area (Å²) in [4.78, 5) is 0. The second kappa shape index (κ2) is 5.42. The molecule has 2 nitrogen and oxygen atoms in total. The van der Waals surface area contributed by atoms with Crippen LogP contribution in [0.2, 0.25) is 0 Å². The van der Waals surface area contributed by atoms with E-state index in [4.69, 9.17) is 9.84 Å². The Morgan fingerprint density at radius 2 is 2.13 bits per heavy atom. The number of halogens is 3. The van der Waals surface area contributed by atoms with Crippen molar-refractivity contribution in [1.82, 2.24) is 0 Å². The molecule has 0 saturated carbocycles. The average Bonchev–Trinajstić information content (AvgIpc) is 2.12. The summed E-state index contributed by atoms with van der Waals surface area (Å²) in [5, 5.41) is 8.95. The standard InChI is InChI=1S/C10H11BrF2O2/c1-6(14)2-3-15-9-5-7(11)4-8(12)10(9)13/h4-6,14H,2-3H2,1H3. The molecule has 15 heavy (non-hydrogen) atoms. The number of rotatable bonds is 4. The van der Waals surface area contributed by atoms with Gasteiger partial charge in [0.25, 0.3) is 0 Å². The van der Waals surface area contributed by atoms with E-state index >= 15 is 0 Å². The fraction of sp³-hybridized carbons (Fsp3) is 0.400. The summed E-state index contributed by atoms with van der Waals surface area (Å²) in [6.07, 6.45) is -0.154. The first-order chi connectivity index (χ1) is 7.00. The van der Waals surface area contributed by atoms with Crippen molar-refractivity contribution < 1.29 is 18.6 Å². The number of ether oxygens (including phenoxy) is 1. The molecule has 0 saturated heterocycles. The zero-order valence-corrected chi connectivity index (χ0v) is 9.72. The lowest BCUT2D eigenvalue weighted by Gasteiger charge is -2.09. The maximum Gasteiger partial charge on any atom is 0.200 e. The van der Waals surface area contributed by atoms with Gasteiger partial charge in [-0.25, -0.2) is 4.39 Å². The molecule has 0 aromatic heterocycles. The van der Waals surface area contributed by atoms with Gasteiger partial charge in [-0.15, -0.1) is 0 Å². The monoisotopic (exact) mass is 280 g/mol. The van der Waals surface area contributed by atoms with E-state index in [-0.39, 0.29) is 12.4 Å². The van der Waals surface area contributed by atoms with Gasteiger partial charge in [0.1, 0.15) is 0 Å². The first kappa shape index (κ1) is 12.4. The van der Waals surface area contributed by atoms with Gasteiger partial charge in [-0.2, -0.15) is 4.39 Å². The Labute approximate surface area is 95.0 Å². The highest BCUT2D eigenvalue weighted by atomic mass is 79.9. The van der Waals surface area contributed by atoms with Crippen molar-refractivity contribution in [3.8, 4) is 5.75 Å². The van der Waals surface area contributed by atoms with Crippen LogP contribution in [-0.2, 0) is 0 Å². The third-order valence-corrected chi connectivity index (χ3v) is 2.21. The average molecular weight is 281 g/mol. The highest BCUT2D eigenvalue weighted by Crippen LogP contribution is 2.25. The molecule has 0 fully saturated rings. The van der Waals surface area contributed by atoms with Gasteiger partial charge in [0.2, 0.25) is 5.82 Å². The van der Waals surface area contributed by atoms with Crippen LogP contribution >= 0.6 is 15.9 Å². The molecule has 5 heteroatoms. The molecule has 0 heterocycles. The van der Waals surface area contributed by atoms with Crippen LogP contribution in [0.1, 0.15) is 13.3 Å². The van der Waals surface area contributed by atoms with Gasteiger partial charge in [0, 0.05) is 10.9 Å². The van der Waals surface area contributed by atoms with E-state index in [1.54, 1.807) is 6.92 Å². The molecule has 0 radical (unpaired) electrons. The van der Waals surface area contributed by atoms with Crippen molar-refractivity contribution in [2.75, 3.05) is 6.61 Å². The molecule has 0 aliphatic carbocycles. The van der Waals surface area contributed by atoms with Crippen LogP contribution in [0.25, 0.3) is 0 Å². The zero-order chi connectivity index (χ0) is 11.4. The largest absolute Gasteiger partial charge is 0.490 e. The molecule has 1 N–H and O–H groups in total. The molecule has 1 atom stereocenters. The maximum absolute atomic E-state index is 13.1. The van der Waals surface area contributed by atoms with Crippen molar-refractivity contribution in [1.29, 1.82) is 0 Å². The van der Waals surface area contributed by atoms with Crippen LogP contribution in [0.5, 0.6) is 5.75 Å². The maximum atomic E-state index is 13.1. The second-order valence-electron chi connectivity index (χ2n) is 3.19. The van der Waals surface area contributed by atoms with Crippen molar-refractivity contribution in [2.24, 2.45) is 0 Å². The lowest BCUT2D eigenvalue weighted by Crippen LogP contribution is -2.08. The third kappa shape index (κ3) is 3.76. The van der Waals surface area contributed by atoms with Gasteiger partial charge in [-0.3, -0.25) is 0 Å². The van der Waals surface area contributed by atoms with E-state index in [2.05, 4.69) is 15.9 Å². The van der Waals surface area contributed by atoms with Gasteiger partial charge in [-0.05, 0) is 19.1 Å². The van der Waals surface area contributed by atoms with E-state index < -0.39 is 17.7 Å². The summed E-state index contributed by atoms with van der Waals surface area (Å²) in [6.45, 7) is 1.74. The number of aliphatic hydroxyl groups is 1. The van der Waals surface area contributed by atoms with Crippen molar-refractivity contribution >= 4 is 15.9 Å². The van der Waals surface area contributed by atoms with Crippen LogP contribution in [0.4, 0.5) is 8.78 Å². The Kier molecular flexibility index (Phi) is 4.47.